The van der Waals surface area contributed by atoms with Crippen LogP contribution in [0.5, 0.6) is 0 Å². The van der Waals surface area contributed by atoms with Crippen molar-refractivity contribution in [2.24, 2.45) is 0 Å². The molecule has 1 aromatic carbocycles. The zero-order chi connectivity index (χ0) is 13.8. The molecule has 1 rings (SSSR count). The quantitative estimate of drug-likeness (QED) is 0.756. The molecule has 3 N–H and O–H groups in total. The molecule has 6 heteroatoms. The van der Waals surface area contributed by atoms with E-state index in [2.05, 4.69) is 0 Å². The molecule has 1 aromatic rings. The van der Waals surface area contributed by atoms with E-state index in [4.69, 9.17) is 10.8 Å². The highest BCUT2D eigenvalue weighted by Gasteiger charge is 2.24. The Labute approximate surface area is 108 Å². The highest BCUT2D eigenvalue weighted by molar-refractivity contribution is 7.89. The van der Waals surface area contributed by atoms with Gasteiger partial charge in [0.2, 0.25) is 10.0 Å². The van der Waals surface area contributed by atoms with Crippen LogP contribution >= 0.6 is 0 Å². The summed E-state index contributed by atoms with van der Waals surface area (Å²) < 4.78 is 26.2. The smallest absolute Gasteiger partial charge is 0.243 e. The number of aryl methyl sites for hydroxylation is 1. The zero-order valence-corrected chi connectivity index (χ0v) is 11.6. The summed E-state index contributed by atoms with van der Waals surface area (Å²) in [5.74, 6) is 0. The van der Waals surface area contributed by atoms with Gasteiger partial charge in [-0.1, -0.05) is 6.92 Å². The Morgan fingerprint density at radius 2 is 2.06 bits per heavy atom. The van der Waals surface area contributed by atoms with Crippen LogP contribution in [-0.2, 0) is 10.0 Å². The third-order valence-electron chi connectivity index (χ3n) is 2.74. The number of rotatable bonds is 6. The van der Waals surface area contributed by atoms with Crippen LogP contribution in [-0.4, -0.2) is 37.5 Å². The number of nitrogens with zero attached hydrogens (tertiary/aromatic N) is 1. The molecule has 0 aromatic heterocycles. The third kappa shape index (κ3) is 3.22. The summed E-state index contributed by atoms with van der Waals surface area (Å²) in [4.78, 5) is 0.275. The van der Waals surface area contributed by atoms with Gasteiger partial charge in [0, 0.05) is 25.4 Å². The van der Waals surface area contributed by atoms with Gasteiger partial charge in [0.1, 0.15) is 0 Å². The SMILES string of the molecule is CCN(CCCO)S(=O)(=O)c1ccc(N)cc1C. The van der Waals surface area contributed by atoms with Crippen LogP contribution in [0.4, 0.5) is 5.69 Å². The molecule has 0 spiro atoms. The maximum absolute atomic E-state index is 12.4. The van der Waals surface area contributed by atoms with E-state index in [0.717, 1.165) is 0 Å². The molecule has 0 aliphatic heterocycles. The van der Waals surface area contributed by atoms with Crippen LogP contribution in [0.15, 0.2) is 23.1 Å². The van der Waals surface area contributed by atoms with E-state index < -0.39 is 10.0 Å². The number of anilines is 1. The largest absolute Gasteiger partial charge is 0.399 e. The lowest BCUT2D eigenvalue weighted by Crippen LogP contribution is -2.32. The Morgan fingerprint density at radius 3 is 2.56 bits per heavy atom. The van der Waals surface area contributed by atoms with E-state index >= 15 is 0 Å². The lowest BCUT2D eigenvalue weighted by Gasteiger charge is -2.21. The molecule has 0 fully saturated rings. The number of aliphatic hydroxyl groups excluding tert-OH is 1. The predicted octanol–water partition coefficient (Wildman–Crippen LogP) is 0.970. The van der Waals surface area contributed by atoms with E-state index in [0.29, 0.717) is 30.8 Å². The number of aliphatic hydroxyl groups is 1. The van der Waals surface area contributed by atoms with Crippen molar-refractivity contribution in [3.8, 4) is 0 Å². The maximum Gasteiger partial charge on any atom is 0.243 e. The van der Waals surface area contributed by atoms with Crippen molar-refractivity contribution in [1.82, 2.24) is 4.31 Å². The molecule has 0 heterocycles. The zero-order valence-electron chi connectivity index (χ0n) is 10.8. The monoisotopic (exact) mass is 272 g/mol. The van der Waals surface area contributed by atoms with E-state index in [-0.39, 0.29) is 11.5 Å². The first-order valence-electron chi connectivity index (χ1n) is 5.90. The molecular weight excluding hydrogens is 252 g/mol. The Morgan fingerprint density at radius 1 is 1.39 bits per heavy atom. The first-order valence-corrected chi connectivity index (χ1v) is 7.34. The average Bonchev–Trinajstić information content (AvgIpc) is 2.29. The number of sulfonamides is 1. The van der Waals surface area contributed by atoms with E-state index in [1.807, 2.05) is 0 Å². The molecule has 0 amide bonds. The standard InChI is InChI=1S/C12H20N2O3S/c1-3-14(7-4-8-15)18(16,17)12-6-5-11(13)9-10(12)2/h5-6,9,15H,3-4,7-8,13H2,1-2H3. The van der Waals surface area contributed by atoms with Crippen LogP contribution in [0.3, 0.4) is 0 Å². The minimum absolute atomic E-state index is 0.0211. The summed E-state index contributed by atoms with van der Waals surface area (Å²) in [6.07, 6.45) is 0.432. The number of hydrogen-bond donors (Lipinski definition) is 2. The second-order valence-corrected chi connectivity index (χ2v) is 6.01. The van der Waals surface area contributed by atoms with Gasteiger partial charge >= 0.3 is 0 Å². The highest BCUT2D eigenvalue weighted by Crippen LogP contribution is 2.21. The maximum atomic E-state index is 12.4. The Kier molecular flexibility index (Phi) is 5.13. The van der Waals surface area contributed by atoms with Crippen molar-refractivity contribution in [1.29, 1.82) is 0 Å². The lowest BCUT2D eigenvalue weighted by molar-refractivity contribution is 0.271. The van der Waals surface area contributed by atoms with Gasteiger partial charge in [0.15, 0.2) is 0 Å². The van der Waals surface area contributed by atoms with Gasteiger partial charge < -0.3 is 10.8 Å². The van der Waals surface area contributed by atoms with Crippen molar-refractivity contribution < 1.29 is 13.5 Å². The summed E-state index contributed by atoms with van der Waals surface area (Å²) >= 11 is 0. The molecule has 18 heavy (non-hydrogen) atoms. The number of benzene rings is 1. The van der Waals surface area contributed by atoms with Gasteiger partial charge in [0.25, 0.3) is 0 Å². The number of nitrogen functional groups attached to an aromatic ring is 1. The topological polar surface area (TPSA) is 83.6 Å². The fourth-order valence-electron chi connectivity index (χ4n) is 1.80. The molecular formula is C12H20N2O3S. The van der Waals surface area contributed by atoms with E-state index in [1.165, 1.54) is 10.4 Å². The normalized spacial score (nSPS) is 12.0. The number of nitrogens with two attached hydrogens (primary N) is 1. The van der Waals surface area contributed by atoms with Crippen molar-refractivity contribution in [2.45, 2.75) is 25.2 Å². The Bertz CT molecular complexity index is 500. The Hall–Kier alpha value is -1.11. The van der Waals surface area contributed by atoms with Gasteiger partial charge in [-0.3, -0.25) is 0 Å². The third-order valence-corrected chi connectivity index (χ3v) is 4.87. The van der Waals surface area contributed by atoms with Crippen LogP contribution in [0.25, 0.3) is 0 Å². The second kappa shape index (κ2) is 6.17. The van der Waals surface area contributed by atoms with Gasteiger partial charge in [0.05, 0.1) is 4.90 Å². The summed E-state index contributed by atoms with van der Waals surface area (Å²) in [6, 6.07) is 4.76. The summed E-state index contributed by atoms with van der Waals surface area (Å²) in [6.45, 7) is 4.18. The predicted molar refractivity (Wildman–Crippen MR) is 71.7 cm³/mol. The number of hydrogen-bond acceptors (Lipinski definition) is 4. The first kappa shape index (κ1) is 14.9. The van der Waals surface area contributed by atoms with Gasteiger partial charge in [-0.25, -0.2) is 8.42 Å². The Balaban J connectivity index is 3.10. The highest BCUT2D eigenvalue weighted by atomic mass is 32.2. The van der Waals surface area contributed by atoms with Crippen LogP contribution in [0, 0.1) is 6.92 Å². The van der Waals surface area contributed by atoms with Crippen LogP contribution in [0.2, 0.25) is 0 Å². The minimum Gasteiger partial charge on any atom is -0.399 e. The van der Waals surface area contributed by atoms with Gasteiger partial charge in [-0.05, 0) is 37.1 Å². The van der Waals surface area contributed by atoms with Crippen molar-refractivity contribution in [3.05, 3.63) is 23.8 Å². The van der Waals surface area contributed by atoms with Crippen molar-refractivity contribution in [2.75, 3.05) is 25.4 Å². The molecule has 0 aliphatic rings. The molecule has 0 bridgehead atoms. The van der Waals surface area contributed by atoms with E-state index in [9.17, 15) is 8.42 Å². The molecule has 5 nitrogen and oxygen atoms in total. The van der Waals surface area contributed by atoms with E-state index in [1.54, 1.807) is 26.0 Å². The summed E-state index contributed by atoms with van der Waals surface area (Å²) in [5, 5.41) is 8.80. The molecule has 0 unspecified atom stereocenters. The molecule has 102 valence electrons. The molecule has 0 saturated heterocycles. The minimum atomic E-state index is -3.50. The molecule has 0 radical (unpaired) electrons. The molecule has 0 atom stereocenters. The van der Waals surface area contributed by atoms with Crippen molar-refractivity contribution >= 4 is 15.7 Å². The average molecular weight is 272 g/mol. The van der Waals surface area contributed by atoms with Gasteiger partial charge in [-0.15, -0.1) is 0 Å². The molecule has 0 saturated carbocycles. The van der Waals surface area contributed by atoms with Gasteiger partial charge in [-0.2, -0.15) is 4.31 Å². The van der Waals surface area contributed by atoms with Crippen molar-refractivity contribution in [3.63, 3.8) is 0 Å². The first-order chi connectivity index (χ1) is 8.43. The van der Waals surface area contributed by atoms with Crippen LogP contribution in [0.1, 0.15) is 18.9 Å². The second-order valence-electron chi connectivity index (χ2n) is 4.10. The lowest BCUT2D eigenvalue weighted by atomic mass is 10.2. The summed E-state index contributed by atoms with van der Waals surface area (Å²) in [5.41, 5.74) is 6.80. The van der Waals surface area contributed by atoms with Crippen LogP contribution < -0.4 is 5.73 Å². The molecule has 0 aliphatic carbocycles. The fraction of sp³-hybridized carbons (Fsp3) is 0.500. The summed E-state index contributed by atoms with van der Waals surface area (Å²) in [7, 11) is -3.50. The fourth-order valence-corrected chi connectivity index (χ4v) is 3.49.